The molecule has 4 N–H and O–H groups in total. The summed E-state index contributed by atoms with van der Waals surface area (Å²) in [6.45, 7) is 1.32. The number of hydrogen-bond acceptors (Lipinski definition) is 6. The first-order chi connectivity index (χ1) is 14.9. The smallest absolute Gasteiger partial charge is 0.251 e. The molecular formula is C22H22ClFN4O3. The molecule has 1 amide bonds. The molecule has 162 valence electrons. The van der Waals surface area contributed by atoms with Gasteiger partial charge in [-0.3, -0.25) is 4.79 Å². The predicted octanol–water partition coefficient (Wildman–Crippen LogP) is 3.19. The molecule has 1 aromatic heterocycles. The minimum Gasteiger partial charge on any atom is -0.394 e. The van der Waals surface area contributed by atoms with Crippen LogP contribution in [0.3, 0.4) is 0 Å². The standard InChI is InChI=1S/C22H22ClFN4O3/c1-13(11-29)26-22-25-10-18(24)20(28-22)14-5-7-15(8-6-14)21(31)27-19(12-30)16-3-2-4-17(23)9-16/h2-10,13,19,29-30H,11-12H2,1H3,(H,27,31)(H,25,26,28)/t13-,19+/m0/s1. The van der Waals surface area contributed by atoms with Crippen molar-refractivity contribution in [1.29, 1.82) is 0 Å². The van der Waals surface area contributed by atoms with Crippen molar-refractivity contribution >= 4 is 23.5 Å². The van der Waals surface area contributed by atoms with Crippen molar-refractivity contribution in [2.75, 3.05) is 18.5 Å². The van der Waals surface area contributed by atoms with Gasteiger partial charge in [0.2, 0.25) is 5.95 Å². The number of aliphatic hydroxyl groups excluding tert-OH is 2. The van der Waals surface area contributed by atoms with E-state index in [2.05, 4.69) is 20.6 Å². The Morgan fingerprint density at radius 2 is 1.90 bits per heavy atom. The number of hydrogen-bond donors (Lipinski definition) is 4. The molecule has 0 unspecified atom stereocenters. The minimum absolute atomic E-state index is 0.0711. The maximum Gasteiger partial charge on any atom is 0.251 e. The molecule has 0 aliphatic heterocycles. The summed E-state index contributed by atoms with van der Waals surface area (Å²) < 4.78 is 14.3. The second-order valence-electron chi connectivity index (χ2n) is 6.96. The third-order valence-electron chi connectivity index (χ3n) is 4.55. The first-order valence-corrected chi connectivity index (χ1v) is 9.96. The van der Waals surface area contributed by atoms with E-state index in [1.807, 2.05) is 0 Å². The minimum atomic E-state index is -0.618. The van der Waals surface area contributed by atoms with Crippen LogP contribution in [0.2, 0.25) is 5.02 Å². The summed E-state index contributed by atoms with van der Waals surface area (Å²) in [5, 5.41) is 24.9. The van der Waals surface area contributed by atoms with Crippen LogP contribution in [-0.4, -0.2) is 45.3 Å². The molecule has 0 aliphatic carbocycles. The Bertz CT molecular complexity index is 1050. The van der Waals surface area contributed by atoms with Gasteiger partial charge in [-0.15, -0.1) is 0 Å². The zero-order valence-electron chi connectivity index (χ0n) is 16.7. The van der Waals surface area contributed by atoms with Crippen molar-refractivity contribution in [2.24, 2.45) is 0 Å². The number of aromatic nitrogens is 2. The zero-order chi connectivity index (χ0) is 22.4. The quantitative estimate of drug-likeness (QED) is 0.425. The van der Waals surface area contributed by atoms with Crippen molar-refractivity contribution in [2.45, 2.75) is 19.0 Å². The van der Waals surface area contributed by atoms with E-state index in [0.29, 0.717) is 21.7 Å². The summed E-state index contributed by atoms with van der Waals surface area (Å²) in [5.41, 5.74) is 1.55. The van der Waals surface area contributed by atoms with E-state index >= 15 is 0 Å². The van der Waals surface area contributed by atoms with Crippen LogP contribution >= 0.6 is 11.6 Å². The number of carbonyl (C=O) groups is 1. The van der Waals surface area contributed by atoms with Gasteiger partial charge in [0, 0.05) is 22.2 Å². The summed E-state index contributed by atoms with van der Waals surface area (Å²) >= 11 is 5.98. The van der Waals surface area contributed by atoms with Gasteiger partial charge >= 0.3 is 0 Å². The summed E-state index contributed by atoms with van der Waals surface area (Å²) in [7, 11) is 0. The summed E-state index contributed by atoms with van der Waals surface area (Å²) in [4.78, 5) is 20.6. The first-order valence-electron chi connectivity index (χ1n) is 9.58. The Labute approximate surface area is 183 Å². The number of halogens is 2. The van der Waals surface area contributed by atoms with E-state index in [4.69, 9.17) is 16.7 Å². The average molecular weight is 445 g/mol. The van der Waals surface area contributed by atoms with E-state index in [1.165, 1.54) is 0 Å². The Balaban J connectivity index is 1.76. The number of aliphatic hydroxyl groups is 2. The van der Waals surface area contributed by atoms with Crippen molar-refractivity contribution in [1.82, 2.24) is 15.3 Å². The fourth-order valence-corrected chi connectivity index (χ4v) is 3.08. The molecule has 3 rings (SSSR count). The van der Waals surface area contributed by atoms with E-state index < -0.39 is 17.8 Å². The molecule has 0 spiro atoms. The van der Waals surface area contributed by atoms with Gasteiger partial charge in [0.05, 0.1) is 25.5 Å². The van der Waals surface area contributed by atoms with Gasteiger partial charge < -0.3 is 20.8 Å². The molecule has 0 aliphatic rings. The molecule has 9 heteroatoms. The highest BCUT2D eigenvalue weighted by Gasteiger charge is 2.16. The summed E-state index contributed by atoms with van der Waals surface area (Å²) in [6, 6.07) is 12.2. The monoisotopic (exact) mass is 444 g/mol. The SMILES string of the molecule is C[C@@H](CO)Nc1ncc(F)c(-c2ccc(C(=O)N[C@H](CO)c3cccc(Cl)c3)cc2)n1. The van der Waals surface area contributed by atoms with Gasteiger partial charge in [0.25, 0.3) is 5.91 Å². The number of anilines is 1. The number of rotatable bonds is 8. The van der Waals surface area contributed by atoms with Gasteiger partial charge in [-0.2, -0.15) is 0 Å². The van der Waals surface area contributed by atoms with Crippen molar-refractivity contribution < 1.29 is 19.4 Å². The maximum atomic E-state index is 14.3. The molecule has 0 saturated carbocycles. The van der Waals surface area contributed by atoms with Gasteiger partial charge in [-0.05, 0) is 36.8 Å². The Morgan fingerprint density at radius 1 is 1.16 bits per heavy atom. The van der Waals surface area contributed by atoms with Crippen molar-refractivity contribution in [3.05, 3.63) is 76.7 Å². The summed E-state index contributed by atoms with van der Waals surface area (Å²) in [6.07, 6.45) is 1.05. The lowest BCUT2D eigenvalue weighted by Crippen LogP contribution is -2.30. The van der Waals surface area contributed by atoms with Crippen LogP contribution in [0.15, 0.2) is 54.7 Å². The lowest BCUT2D eigenvalue weighted by atomic mass is 10.1. The van der Waals surface area contributed by atoms with Crippen LogP contribution < -0.4 is 10.6 Å². The molecule has 0 bridgehead atoms. The van der Waals surface area contributed by atoms with Crippen molar-refractivity contribution in [3.63, 3.8) is 0 Å². The number of carbonyl (C=O) groups excluding carboxylic acids is 1. The zero-order valence-corrected chi connectivity index (χ0v) is 17.5. The van der Waals surface area contributed by atoms with Crippen LogP contribution in [0.1, 0.15) is 28.9 Å². The predicted molar refractivity (Wildman–Crippen MR) is 116 cm³/mol. The highest BCUT2D eigenvalue weighted by atomic mass is 35.5. The van der Waals surface area contributed by atoms with Crippen LogP contribution in [0.25, 0.3) is 11.3 Å². The van der Waals surface area contributed by atoms with Crippen LogP contribution in [0.5, 0.6) is 0 Å². The van der Waals surface area contributed by atoms with E-state index in [-0.39, 0.29) is 30.9 Å². The van der Waals surface area contributed by atoms with Gasteiger partial charge in [-0.25, -0.2) is 14.4 Å². The molecule has 2 aromatic carbocycles. The van der Waals surface area contributed by atoms with E-state index in [1.54, 1.807) is 55.5 Å². The van der Waals surface area contributed by atoms with Gasteiger partial charge in [0.15, 0.2) is 5.82 Å². The molecule has 1 heterocycles. The highest BCUT2D eigenvalue weighted by Crippen LogP contribution is 2.23. The Hall–Kier alpha value is -3.07. The maximum absolute atomic E-state index is 14.3. The molecule has 31 heavy (non-hydrogen) atoms. The number of nitrogens with zero attached hydrogens (tertiary/aromatic N) is 2. The van der Waals surface area contributed by atoms with Gasteiger partial charge in [0.1, 0.15) is 5.69 Å². The molecule has 7 nitrogen and oxygen atoms in total. The Morgan fingerprint density at radius 3 is 2.55 bits per heavy atom. The fourth-order valence-electron chi connectivity index (χ4n) is 2.88. The van der Waals surface area contributed by atoms with E-state index in [9.17, 15) is 14.3 Å². The van der Waals surface area contributed by atoms with Crippen LogP contribution in [-0.2, 0) is 0 Å². The van der Waals surface area contributed by atoms with Gasteiger partial charge in [-0.1, -0.05) is 35.9 Å². The second kappa shape index (κ2) is 10.3. The second-order valence-corrected chi connectivity index (χ2v) is 7.40. The molecule has 2 atom stereocenters. The number of amides is 1. The molecular weight excluding hydrogens is 423 g/mol. The average Bonchev–Trinajstić information content (AvgIpc) is 2.78. The lowest BCUT2D eigenvalue weighted by Gasteiger charge is -2.17. The molecule has 3 aromatic rings. The van der Waals surface area contributed by atoms with Crippen LogP contribution in [0.4, 0.5) is 10.3 Å². The first kappa shape index (κ1) is 22.6. The number of nitrogens with one attached hydrogen (secondary N) is 2. The van der Waals surface area contributed by atoms with Crippen molar-refractivity contribution in [3.8, 4) is 11.3 Å². The van der Waals surface area contributed by atoms with Crippen LogP contribution in [0, 0.1) is 5.82 Å². The highest BCUT2D eigenvalue weighted by molar-refractivity contribution is 6.30. The fraction of sp³-hybridized carbons (Fsp3) is 0.227. The third-order valence-corrected chi connectivity index (χ3v) is 4.79. The molecule has 0 fully saturated rings. The lowest BCUT2D eigenvalue weighted by molar-refractivity contribution is 0.0916. The normalized spacial score (nSPS) is 12.8. The largest absolute Gasteiger partial charge is 0.394 e. The number of benzene rings is 2. The topological polar surface area (TPSA) is 107 Å². The Kier molecular flexibility index (Phi) is 7.51. The third kappa shape index (κ3) is 5.75. The molecule has 0 radical (unpaired) electrons. The summed E-state index contributed by atoms with van der Waals surface area (Å²) in [5.74, 6) is -0.819. The molecule has 0 saturated heterocycles. The van der Waals surface area contributed by atoms with E-state index in [0.717, 1.165) is 6.20 Å².